The molecule has 0 N–H and O–H groups in total. The topological polar surface area (TPSA) is 43.1 Å². The van der Waals surface area contributed by atoms with Gasteiger partial charge < -0.3 is 4.42 Å². The van der Waals surface area contributed by atoms with Crippen LogP contribution in [0.4, 0.5) is 0 Å². The molecule has 0 aliphatic heterocycles. The van der Waals surface area contributed by atoms with Gasteiger partial charge in [0.2, 0.25) is 0 Å². The van der Waals surface area contributed by atoms with Crippen LogP contribution in [0.5, 0.6) is 0 Å². The molecule has 24 heavy (non-hydrogen) atoms. The molecule has 0 amide bonds. The largest absolute Gasteiger partial charge is 0.422 e. The van der Waals surface area contributed by atoms with Crippen LogP contribution < -0.4 is 5.63 Å². The minimum atomic E-state index is -0.415. The predicted octanol–water partition coefficient (Wildman–Crippen LogP) is 5.89. The molecule has 118 valence electrons. The lowest BCUT2D eigenvalue weighted by Crippen LogP contribution is -2.02. The number of benzene rings is 2. The summed E-state index contributed by atoms with van der Waals surface area (Å²) in [4.78, 5) is 16.8. The van der Waals surface area contributed by atoms with Gasteiger partial charge in [-0.25, -0.2) is 9.78 Å². The summed E-state index contributed by atoms with van der Waals surface area (Å²) >= 11 is 13.3. The Balaban J connectivity index is 1.81. The molecule has 0 aliphatic carbocycles. The molecule has 0 unspecified atom stereocenters. The molecule has 2 aromatic carbocycles. The van der Waals surface area contributed by atoms with Gasteiger partial charge in [0.1, 0.15) is 10.6 Å². The zero-order valence-corrected chi connectivity index (χ0v) is 14.5. The van der Waals surface area contributed by atoms with Gasteiger partial charge in [0.05, 0.1) is 11.3 Å². The van der Waals surface area contributed by atoms with Crippen LogP contribution >= 0.6 is 34.5 Å². The van der Waals surface area contributed by atoms with Crippen molar-refractivity contribution in [2.45, 2.75) is 0 Å². The highest BCUT2D eigenvalue weighted by molar-refractivity contribution is 7.13. The van der Waals surface area contributed by atoms with Crippen LogP contribution in [0.15, 0.2) is 63.1 Å². The number of nitrogens with zero attached hydrogens (tertiary/aromatic N) is 1. The van der Waals surface area contributed by atoms with Crippen LogP contribution in [-0.2, 0) is 0 Å². The SMILES string of the molecule is O=c1oc2ccc(Cl)cc2cc1-c1nc(-c2ccc(Cl)cc2)cs1. The van der Waals surface area contributed by atoms with E-state index in [9.17, 15) is 4.79 Å². The maximum absolute atomic E-state index is 12.3. The maximum atomic E-state index is 12.3. The minimum Gasteiger partial charge on any atom is -0.422 e. The van der Waals surface area contributed by atoms with Crippen molar-refractivity contribution < 1.29 is 4.42 Å². The second-order valence-electron chi connectivity index (χ2n) is 5.17. The quantitative estimate of drug-likeness (QED) is 0.411. The highest BCUT2D eigenvalue weighted by atomic mass is 35.5. The molecule has 0 aliphatic rings. The van der Waals surface area contributed by atoms with Crippen molar-refractivity contribution in [3.63, 3.8) is 0 Å². The number of aromatic nitrogens is 1. The molecule has 3 nitrogen and oxygen atoms in total. The Morgan fingerprint density at radius 2 is 1.71 bits per heavy atom. The third-order valence-electron chi connectivity index (χ3n) is 3.57. The first-order valence-corrected chi connectivity index (χ1v) is 8.69. The predicted molar refractivity (Wildman–Crippen MR) is 99.0 cm³/mol. The molecule has 4 rings (SSSR count). The summed E-state index contributed by atoms with van der Waals surface area (Å²) in [6.45, 7) is 0. The Hall–Kier alpha value is -2.14. The van der Waals surface area contributed by atoms with Gasteiger partial charge in [-0.15, -0.1) is 11.3 Å². The van der Waals surface area contributed by atoms with Gasteiger partial charge in [0.25, 0.3) is 0 Å². The van der Waals surface area contributed by atoms with Gasteiger partial charge in [-0.2, -0.15) is 0 Å². The molecule has 0 saturated carbocycles. The Labute approximate surface area is 151 Å². The zero-order valence-electron chi connectivity index (χ0n) is 12.1. The van der Waals surface area contributed by atoms with Crippen LogP contribution in [0.25, 0.3) is 32.8 Å². The molecule has 2 heterocycles. The van der Waals surface area contributed by atoms with Crippen molar-refractivity contribution in [3.05, 3.63) is 74.4 Å². The molecule has 4 aromatic rings. The minimum absolute atomic E-state index is 0.415. The highest BCUT2D eigenvalue weighted by Crippen LogP contribution is 2.30. The molecule has 0 bridgehead atoms. The Morgan fingerprint density at radius 1 is 0.958 bits per heavy atom. The van der Waals surface area contributed by atoms with Crippen molar-refractivity contribution in [1.29, 1.82) is 0 Å². The number of hydrogen-bond acceptors (Lipinski definition) is 4. The van der Waals surface area contributed by atoms with E-state index in [4.69, 9.17) is 27.6 Å². The molecular formula is C18H9Cl2NO2S. The van der Waals surface area contributed by atoms with Crippen LogP contribution in [0, 0.1) is 0 Å². The second kappa shape index (κ2) is 6.06. The molecule has 0 saturated heterocycles. The molecule has 0 spiro atoms. The normalized spacial score (nSPS) is 11.1. The van der Waals surface area contributed by atoms with E-state index in [2.05, 4.69) is 4.98 Å². The van der Waals surface area contributed by atoms with E-state index in [1.54, 1.807) is 24.3 Å². The smallest absolute Gasteiger partial charge is 0.346 e. The third-order valence-corrected chi connectivity index (χ3v) is 4.93. The summed E-state index contributed by atoms with van der Waals surface area (Å²) in [7, 11) is 0. The van der Waals surface area contributed by atoms with E-state index in [1.165, 1.54) is 11.3 Å². The van der Waals surface area contributed by atoms with Crippen LogP contribution in [-0.4, -0.2) is 4.98 Å². The van der Waals surface area contributed by atoms with Gasteiger partial charge >= 0.3 is 5.63 Å². The molecule has 2 aromatic heterocycles. The third kappa shape index (κ3) is 2.84. The standard InChI is InChI=1S/C18H9Cl2NO2S/c19-12-3-1-10(2-4-12)15-9-24-17(21-15)14-8-11-7-13(20)5-6-16(11)23-18(14)22/h1-9H. The summed E-state index contributed by atoms with van der Waals surface area (Å²) in [5, 5.41) is 4.53. The first-order valence-electron chi connectivity index (χ1n) is 7.05. The van der Waals surface area contributed by atoms with Crippen molar-refractivity contribution in [1.82, 2.24) is 4.98 Å². The van der Waals surface area contributed by atoms with Gasteiger partial charge in [0.15, 0.2) is 0 Å². The van der Waals surface area contributed by atoms with E-state index in [-0.39, 0.29) is 0 Å². The summed E-state index contributed by atoms with van der Waals surface area (Å²) < 4.78 is 5.37. The van der Waals surface area contributed by atoms with Gasteiger partial charge in [-0.3, -0.25) is 0 Å². The fourth-order valence-corrected chi connectivity index (χ4v) is 3.53. The van der Waals surface area contributed by atoms with E-state index in [0.717, 1.165) is 16.6 Å². The Morgan fingerprint density at radius 3 is 2.50 bits per heavy atom. The average molecular weight is 374 g/mol. The lowest BCUT2D eigenvalue weighted by Gasteiger charge is -2.00. The van der Waals surface area contributed by atoms with Gasteiger partial charge in [-0.05, 0) is 36.4 Å². The highest BCUT2D eigenvalue weighted by Gasteiger charge is 2.13. The van der Waals surface area contributed by atoms with Gasteiger partial charge in [0, 0.05) is 26.4 Å². The zero-order chi connectivity index (χ0) is 16.7. The number of fused-ring (bicyclic) bond motifs is 1. The first-order chi connectivity index (χ1) is 11.6. The summed E-state index contributed by atoms with van der Waals surface area (Å²) in [5.41, 5.74) is 2.24. The second-order valence-corrected chi connectivity index (χ2v) is 6.91. The van der Waals surface area contributed by atoms with E-state index >= 15 is 0 Å². The molecular weight excluding hydrogens is 365 g/mol. The lowest BCUT2D eigenvalue weighted by molar-refractivity contribution is 0.563. The molecule has 0 fully saturated rings. The van der Waals surface area contributed by atoms with E-state index < -0.39 is 5.63 Å². The van der Waals surface area contributed by atoms with Crippen molar-refractivity contribution in [3.8, 4) is 21.8 Å². The molecule has 0 atom stereocenters. The summed E-state index contributed by atoms with van der Waals surface area (Å²) in [5.74, 6) is 0. The van der Waals surface area contributed by atoms with Crippen LogP contribution in [0.2, 0.25) is 10.0 Å². The lowest BCUT2D eigenvalue weighted by atomic mass is 10.1. The van der Waals surface area contributed by atoms with Crippen LogP contribution in [0.1, 0.15) is 0 Å². The van der Waals surface area contributed by atoms with Crippen molar-refractivity contribution in [2.75, 3.05) is 0 Å². The monoisotopic (exact) mass is 373 g/mol. The molecule has 6 heteroatoms. The summed E-state index contributed by atoms with van der Waals surface area (Å²) in [6, 6.07) is 14.3. The summed E-state index contributed by atoms with van der Waals surface area (Å²) in [6.07, 6.45) is 0. The van der Waals surface area contributed by atoms with E-state index in [1.807, 2.05) is 29.6 Å². The van der Waals surface area contributed by atoms with Gasteiger partial charge in [-0.1, -0.05) is 35.3 Å². The molecule has 0 radical (unpaired) electrons. The number of hydrogen-bond donors (Lipinski definition) is 0. The van der Waals surface area contributed by atoms with Crippen molar-refractivity contribution in [2.24, 2.45) is 0 Å². The van der Waals surface area contributed by atoms with Crippen LogP contribution in [0.3, 0.4) is 0 Å². The Kier molecular flexibility index (Phi) is 3.88. The first kappa shape index (κ1) is 15.4. The average Bonchev–Trinajstić information content (AvgIpc) is 3.05. The number of rotatable bonds is 2. The fraction of sp³-hybridized carbons (Fsp3) is 0. The fourth-order valence-electron chi connectivity index (χ4n) is 2.39. The number of halogens is 2. The van der Waals surface area contributed by atoms with Crippen molar-refractivity contribution >= 4 is 45.5 Å². The Bertz CT molecular complexity index is 1100. The van der Waals surface area contributed by atoms with E-state index in [0.29, 0.717) is 26.2 Å². The number of thiazole rings is 1. The maximum Gasteiger partial charge on any atom is 0.346 e.